The highest BCUT2D eigenvalue weighted by Crippen LogP contribution is 2.21. The van der Waals surface area contributed by atoms with Gasteiger partial charge in [-0.05, 0) is 48.9 Å². The number of sulfonamides is 1. The summed E-state index contributed by atoms with van der Waals surface area (Å²) in [5.41, 5.74) is 1.70. The number of nitrogens with one attached hydrogen (secondary N) is 1. The molecule has 0 aliphatic heterocycles. The summed E-state index contributed by atoms with van der Waals surface area (Å²) >= 11 is 0. The Bertz CT molecular complexity index is 999. The number of hydrazone groups is 1. The molecule has 0 saturated heterocycles. The number of ether oxygens (including phenoxy) is 1. The third-order valence-electron chi connectivity index (χ3n) is 3.55. The quantitative estimate of drug-likeness (QED) is 0.527. The molecule has 26 heavy (non-hydrogen) atoms. The molecule has 0 saturated carbocycles. The van der Waals surface area contributed by atoms with Crippen LogP contribution in [0.15, 0.2) is 88.9 Å². The molecular formula is C20H18N2O3S. The number of para-hydroxylation sites is 1. The van der Waals surface area contributed by atoms with Gasteiger partial charge >= 0.3 is 0 Å². The van der Waals surface area contributed by atoms with Crippen LogP contribution in [0.1, 0.15) is 11.1 Å². The molecule has 0 bridgehead atoms. The molecule has 0 heterocycles. The van der Waals surface area contributed by atoms with Crippen molar-refractivity contribution in [1.82, 2.24) is 4.83 Å². The summed E-state index contributed by atoms with van der Waals surface area (Å²) in [7, 11) is -3.69. The third-order valence-corrected chi connectivity index (χ3v) is 4.79. The summed E-state index contributed by atoms with van der Waals surface area (Å²) < 4.78 is 30.1. The molecule has 0 unspecified atom stereocenters. The van der Waals surface area contributed by atoms with Gasteiger partial charge in [-0.15, -0.1) is 0 Å². The van der Waals surface area contributed by atoms with Crippen molar-refractivity contribution in [1.29, 1.82) is 0 Å². The van der Waals surface area contributed by atoms with Crippen molar-refractivity contribution in [2.75, 3.05) is 0 Å². The van der Waals surface area contributed by atoms with Gasteiger partial charge in [0.05, 0.1) is 11.1 Å². The second kappa shape index (κ2) is 7.84. The van der Waals surface area contributed by atoms with Crippen molar-refractivity contribution in [2.45, 2.75) is 11.8 Å². The zero-order valence-corrected chi connectivity index (χ0v) is 15.0. The predicted molar refractivity (Wildman–Crippen MR) is 102 cm³/mol. The Morgan fingerprint density at radius 3 is 2.31 bits per heavy atom. The fraction of sp³-hybridized carbons (Fsp3) is 0.0500. The maximum absolute atomic E-state index is 12.2. The van der Waals surface area contributed by atoms with Crippen LogP contribution in [-0.4, -0.2) is 14.6 Å². The monoisotopic (exact) mass is 366 g/mol. The number of benzene rings is 3. The van der Waals surface area contributed by atoms with E-state index in [0.717, 1.165) is 11.3 Å². The molecule has 3 aromatic rings. The minimum atomic E-state index is -3.69. The Labute approximate surface area is 153 Å². The lowest BCUT2D eigenvalue weighted by Gasteiger charge is -2.06. The van der Waals surface area contributed by atoms with Gasteiger partial charge in [0.1, 0.15) is 11.5 Å². The second-order valence-corrected chi connectivity index (χ2v) is 7.31. The summed E-state index contributed by atoms with van der Waals surface area (Å²) in [6, 6.07) is 23.2. The van der Waals surface area contributed by atoms with Gasteiger partial charge in [-0.2, -0.15) is 13.5 Å². The van der Waals surface area contributed by atoms with Crippen LogP contribution >= 0.6 is 0 Å². The number of rotatable bonds is 6. The van der Waals surface area contributed by atoms with E-state index in [1.165, 1.54) is 6.21 Å². The van der Waals surface area contributed by atoms with Gasteiger partial charge in [0.2, 0.25) is 0 Å². The van der Waals surface area contributed by atoms with Gasteiger partial charge in [0, 0.05) is 0 Å². The Hall–Kier alpha value is -3.12. The van der Waals surface area contributed by atoms with Gasteiger partial charge in [0.25, 0.3) is 10.0 Å². The van der Waals surface area contributed by atoms with Crippen LogP contribution in [0.25, 0.3) is 0 Å². The minimum Gasteiger partial charge on any atom is -0.457 e. The molecule has 0 aliphatic rings. The first-order valence-electron chi connectivity index (χ1n) is 7.97. The van der Waals surface area contributed by atoms with Crippen LogP contribution < -0.4 is 9.57 Å². The molecule has 0 atom stereocenters. The van der Waals surface area contributed by atoms with Crippen molar-refractivity contribution in [3.63, 3.8) is 0 Å². The van der Waals surface area contributed by atoms with E-state index in [-0.39, 0.29) is 4.90 Å². The lowest BCUT2D eigenvalue weighted by Crippen LogP contribution is -2.18. The number of nitrogens with zero attached hydrogens (tertiary/aromatic N) is 1. The Morgan fingerprint density at radius 1 is 0.885 bits per heavy atom. The molecule has 0 aromatic heterocycles. The second-order valence-electron chi connectivity index (χ2n) is 5.65. The summed E-state index contributed by atoms with van der Waals surface area (Å²) in [5, 5.41) is 3.84. The van der Waals surface area contributed by atoms with Crippen LogP contribution in [0.2, 0.25) is 0 Å². The predicted octanol–water partition coefficient (Wildman–Crippen LogP) is 4.10. The molecule has 0 fully saturated rings. The molecule has 132 valence electrons. The molecule has 0 aliphatic carbocycles. The van der Waals surface area contributed by atoms with E-state index in [0.29, 0.717) is 11.3 Å². The average molecular weight is 366 g/mol. The number of hydrogen-bond acceptors (Lipinski definition) is 4. The van der Waals surface area contributed by atoms with E-state index in [9.17, 15) is 8.42 Å². The fourth-order valence-electron chi connectivity index (χ4n) is 2.22. The van der Waals surface area contributed by atoms with Gasteiger partial charge in [0.15, 0.2) is 0 Å². The summed E-state index contributed by atoms with van der Waals surface area (Å²) in [5.74, 6) is 1.36. The molecule has 0 radical (unpaired) electrons. The van der Waals surface area contributed by atoms with E-state index in [1.54, 1.807) is 30.3 Å². The normalized spacial score (nSPS) is 11.4. The Balaban J connectivity index is 1.68. The zero-order valence-electron chi connectivity index (χ0n) is 14.2. The highest BCUT2D eigenvalue weighted by Gasteiger charge is 2.11. The standard InChI is InChI=1S/C20H18N2O3S/c1-16-10-12-20(13-11-16)26(23,24)22-21-15-17-6-5-9-19(14-17)25-18-7-3-2-4-8-18/h2-15,22H,1H3. The maximum atomic E-state index is 12.2. The van der Waals surface area contributed by atoms with Crippen LogP contribution in [0.5, 0.6) is 11.5 Å². The van der Waals surface area contributed by atoms with Crippen LogP contribution in [0.3, 0.4) is 0 Å². The van der Waals surface area contributed by atoms with E-state index < -0.39 is 10.0 Å². The first kappa shape index (κ1) is 17.7. The molecule has 3 rings (SSSR count). The summed E-state index contributed by atoms with van der Waals surface area (Å²) in [6.45, 7) is 1.90. The van der Waals surface area contributed by atoms with Gasteiger partial charge < -0.3 is 4.74 Å². The minimum absolute atomic E-state index is 0.168. The number of hydrogen-bond donors (Lipinski definition) is 1. The average Bonchev–Trinajstić information content (AvgIpc) is 2.63. The van der Waals surface area contributed by atoms with E-state index >= 15 is 0 Å². The topological polar surface area (TPSA) is 67.8 Å². The zero-order chi connectivity index (χ0) is 18.4. The van der Waals surface area contributed by atoms with Crippen molar-refractivity contribution in [2.24, 2.45) is 5.10 Å². The Morgan fingerprint density at radius 2 is 1.58 bits per heavy atom. The van der Waals surface area contributed by atoms with Crippen molar-refractivity contribution in [3.8, 4) is 11.5 Å². The lowest BCUT2D eigenvalue weighted by molar-refractivity contribution is 0.482. The molecule has 1 N–H and O–H groups in total. The van der Waals surface area contributed by atoms with Crippen LogP contribution in [0, 0.1) is 6.92 Å². The van der Waals surface area contributed by atoms with Crippen molar-refractivity contribution < 1.29 is 13.2 Å². The molecule has 6 heteroatoms. The third kappa shape index (κ3) is 4.70. The smallest absolute Gasteiger partial charge is 0.276 e. The maximum Gasteiger partial charge on any atom is 0.276 e. The van der Waals surface area contributed by atoms with E-state index in [4.69, 9.17) is 4.74 Å². The fourth-order valence-corrected chi connectivity index (χ4v) is 3.01. The molecule has 3 aromatic carbocycles. The highest BCUT2D eigenvalue weighted by atomic mass is 32.2. The van der Waals surface area contributed by atoms with Crippen LogP contribution in [0.4, 0.5) is 0 Å². The van der Waals surface area contributed by atoms with Crippen molar-refractivity contribution in [3.05, 3.63) is 90.0 Å². The first-order valence-corrected chi connectivity index (χ1v) is 9.46. The molecule has 5 nitrogen and oxygen atoms in total. The van der Waals surface area contributed by atoms with Crippen molar-refractivity contribution >= 4 is 16.2 Å². The highest BCUT2D eigenvalue weighted by molar-refractivity contribution is 7.89. The summed E-state index contributed by atoms with van der Waals surface area (Å²) in [6.07, 6.45) is 1.43. The van der Waals surface area contributed by atoms with E-state index in [1.807, 2.05) is 55.5 Å². The van der Waals surface area contributed by atoms with Gasteiger partial charge in [-0.1, -0.05) is 48.0 Å². The first-order chi connectivity index (χ1) is 12.5. The van der Waals surface area contributed by atoms with Crippen LogP contribution in [-0.2, 0) is 10.0 Å². The molecule has 0 amide bonds. The SMILES string of the molecule is Cc1ccc(S(=O)(=O)NN=Cc2cccc(Oc3ccccc3)c2)cc1. The van der Waals surface area contributed by atoms with Gasteiger partial charge in [-0.25, -0.2) is 4.83 Å². The Kier molecular flexibility index (Phi) is 5.34. The number of aryl methyl sites for hydroxylation is 1. The van der Waals surface area contributed by atoms with E-state index in [2.05, 4.69) is 9.93 Å². The molecule has 0 spiro atoms. The lowest BCUT2D eigenvalue weighted by atomic mass is 10.2. The van der Waals surface area contributed by atoms with Gasteiger partial charge in [-0.3, -0.25) is 0 Å². The molecular weight excluding hydrogens is 348 g/mol. The summed E-state index contributed by atoms with van der Waals surface area (Å²) in [4.78, 5) is 2.38. The largest absolute Gasteiger partial charge is 0.457 e.